The molecule has 2 aromatic heterocycles. The fourth-order valence-corrected chi connectivity index (χ4v) is 2.46. The summed E-state index contributed by atoms with van der Waals surface area (Å²) in [7, 11) is 0. The van der Waals surface area contributed by atoms with Crippen LogP contribution in [0.4, 0.5) is 5.82 Å². The lowest BCUT2D eigenvalue weighted by Gasteiger charge is -2.10. The number of aryl methyl sites for hydroxylation is 2. The molecule has 0 atom stereocenters. The average molecular weight is 374 g/mol. The van der Waals surface area contributed by atoms with Gasteiger partial charge in [-0.3, -0.25) is 19.4 Å². The van der Waals surface area contributed by atoms with Gasteiger partial charge in [0.05, 0.1) is 5.69 Å². The molecule has 2 amide bonds. The first kappa shape index (κ1) is 20.3. The number of H-pyrrole nitrogens is 1. The molecular weight excluding hydrogens is 348 g/mol. The van der Waals surface area contributed by atoms with Gasteiger partial charge in [0, 0.05) is 24.4 Å². The van der Waals surface area contributed by atoms with Crippen LogP contribution in [0.5, 0.6) is 0 Å². The summed E-state index contributed by atoms with van der Waals surface area (Å²) >= 11 is 0. The summed E-state index contributed by atoms with van der Waals surface area (Å²) in [5, 5.41) is 9.37. The maximum atomic E-state index is 12.2. The highest BCUT2D eigenvalue weighted by Crippen LogP contribution is 2.14. The fraction of sp³-hybridized carbons (Fsp3) is 0.500. The van der Waals surface area contributed by atoms with Gasteiger partial charge in [0.1, 0.15) is 5.82 Å². The molecule has 0 spiro atoms. The minimum Gasteiger partial charge on any atom is -0.348 e. The minimum absolute atomic E-state index is 0.189. The van der Waals surface area contributed by atoms with E-state index in [9.17, 15) is 14.4 Å². The number of nitrogens with zero attached hydrogens (tertiary/aromatic N) is 3. The molecule has 2 rings (SSSR count). The number of rotatable bonds is 7. The third kappa shape index (κ3) is 5.77. The summed E-state index contributed by atoms with van der Waals surface area (Å²) in [5.74, 6) is -0.646. The van der Waals surface area contributed by atoms with E-state index in [0.717, 1.165) is 12.8 Å². The first-order valence-electron chi connectivity index (χ1n) is 9.06. The van der Waals surface area contributed by atoms with Crippen molar-refractivity contribution < 1.29 is 9.59 Å². The number of carbonyl (C=O) groups is 2. The normalized spacial score (nSPS) is 10.9. The first-order chi connectivity index (χ1) is 12.8. The molecule has 0 aliphatic heterocycles. The largest absolute Gasteiger partial charge is 0.348 e. The van der Waals surface area contributed by atoms with E-state index in [-0.39, 0.29) is 17.3 Å². The molecule has 9 nitrogen and oxygen atoms in total. The van der Waals surface area contributed by atoms with Crippen molar-refractivity contribution in [1.29, 1.82) is 0 Å². The van der Waals surface area contributed by atoms with Crippen LogP contribution < -0.4 is 16.2 Å². The summed E-state index contributed by atoms with van der Waals surface area (Å²) < 4.78 is 1.31. The standard InChI is InChI=1S/C18H26N6O3/c1-5-6-13-10-15(25)22-18(20-13)24-14(9-12(4)23-24)21-17(27)16(26)19-8-7-11(2)3/h9-11H,5-8H2,1-4H3,(H,19,26)(H,21,27)(H,20,22,25). The van der Waals surface area contributed by atoms with Gasteiger partial charge >= 0.3 is 11.8 Å². The third-order valence-corrected chi connectivity index (χ3v) is 3.78. The zero-order chi connectivity index (χ0) is 20.0. The first-order valence-corrected chi connectivity index (χ1v) is 9.06. The lowest BCUT2D eigenvalue weighted by Crippen LogP contribution is -2.36. The lowest BCUT2D eigenvalue weighted by molar-refractivity contribution is -0.136. The van der Waals surface area contributed by atoms with E-state index in [1.807, 2.05) is 20.8 Å². The van der Waals surface area contributed by atoms with Gasteiger partial charge in [-0.1, -0.05) is 27.2 Å². The van der Waals surface area contributed by atoms with Crippen LogP contribution in [0.15, 0.2) is 16.9 Å². The molecule has 9 heteroatoms. The van der Waals surface area contributed by atoms with E-state index in [1.165, 1.54) is 10.7 Å². The van der Waals surface area contributed by atoms with Crippen LogP contribution in [-0.4, -0.2) is 38.1 Å². The maximum absolute atomic E-state index is 12.2. The molecule has 2 aromatic rings. The number of aromatic amines is 1. The van der Waals surface area contributed by atoms with Crippen LogP contribution in [-0.2, 0) is 16.0 Å². The van der Waals surface area contributed by atoms with E-state index in [4.69, 9.17) is 0 Å². The number of anilines is 1. The second-order valence-electron chi connectivity index (χ2n) is 6.79. The highest BCUT2D eigenvalue weighted by molar-refractivity contribution is 6.39. The minimum atomic E-state index is -0.799. The molecule has 0 saturated carbocycles. The zero-order valence-corrected chi connectivity index (χ0v) is 16.1. The van der Waals surface area contributed by atoms with Crippen molar-refractivity contribution in [1.82, 2.24) is 25.1 Å². The van der Waals surface area contributed by atoms with Crippen LogP contribution >= 0.6 is 0 Å². The number of amides is 2. The molecular formula is C18H26N6O3. The summed E-state index contributed by atoms with van der Waals surface area (Å²) in [4.78, 5) is 43.0. The quantitative estimate of drug-likeness (QED) is 0.631. The van der Waals surface area contributed by atoms with Gasteiger partial charge in [-0.05, 0) is 25.7 Å². The Hall–Kier alpha value is -2.97. The molecule has 0 unspecified atom stereocenters. The second kappa shape index (κ2) is 9.11. The Balaban J connectivity index is 2.20. The Labute approximate surface area is 157 Å². The molecule has 146 valence electrons. The van der Waals surface area contributed by atoms with Crippen molar-refractivity contribution in [3.05, 3.63) is 33.9 Å². The number of carbonyl (C=O) groups excluding carboxylic acids is 2. The van der Waals surface area contributed by atoms with Crippen molar-refractivity contribution in [2.45, 2.75) is 47.0 Å². The van der Waals surface area contributed by atoms with Crippen LogP contribution in [0, 0.1) is 12.8 Å². The molecule has 0 aromatic carbocycles. The monoisotopic (exact) mass is 374 g/mol. The van der Waals surface area contributed by atoms with E-state index >= 15 is 0 Å². The van der Waals surface area contributed by atoms with Crippen LogP contribution in [0.25, 0.3) is 5.95 Å². The van der Waals surface area contributed by atoms with Crippen molar-refractivity contribution in [3.63, 3.8) is 0 Å². The smallest absolute Gasteiger partial charge is 0.314 e. The summed E-state index contributed by atoms with van der Waals surface area (Å²) in [6.07, 6.45) is 2.27. The molecule has 2 heterocycles. The van der Waals surface area contributed by atoms with Gasteiger partial charge in [0.25, 0.3) is 5.56 Å². The molecule has 0 aliphatic rings. The molecule has 0 bridgehead atoms. The predicted octanol–water partition coefficient (Wildman–Crippen LogP) is 1.32. The molecule has 0 aliphatic carbocycles. The molecule has 0 saturated heterocycles. The molecule has 0 radical (unpaired) electrons. The van der Waals surface area contributed by atoms with Crippen molar-refractivity contribution in [2.75, 3.05) is 11.9 Å². The average Bonchev–Trinajstić information content (AvgIpc) is 2.94. The Morgan fingerprint density at radius 2 is 2.00 bits per heavy atom. The Morgan fingerprint density at radius 1 is 1.26 bits per heavy atom. The summed E-state index contributed by atoms with van der Waals surface area (Å²) in [6.45, 7) is 8.23. The van der Waals surface area contributed by atoms with Gasteiger partial charge in [-0.15, -0.1) is 0 Å². The second-order valence-corrected chi connectivity index (χ2v) is 6.79. The summed E-state index contributed by atoms with van der Waals surface area (Å²) in [5.41, 5.74) is 0.933. The van der Waals surface area contributed by atoms with Gasteiger partial charge in [-0.25, -0.2) is 4.98 Å². The van der Waals surface area contributed by atoms with E-state index < -0.39 is 11.8 Å². The molecule has 27 heavy (non-hydrogen) atoms. The van der Waals surface area contributed by atoms with E-state index in [2.05, 4.69) is 25.7 Å². The molecule has 3 N–H and O–H groups in total. The number of nitrogens with one attached hydrogen (secondary N) is 3. The van der Waals surface area contributed by atoms with Gasteiger partial charge in [0.15, 0.2) is 0 Å². The fourth-order valence-electron chi connectivity index (χ4n) is 2.46. The van der Waals surface area contributed by atoms with Gasteiger partial charge < -0.3 is 10.6 Å². The number of hydrogen-bond donors (Lipinski definition) is 3. The Kier molecular flexibility index (Phi) is 6.86. The van der Waals surface area contributed by atoms with Crippen molar-refractivity contribution in [2.24, 2.45) is 5.92 Å². The zero-order valence-electron chi connectivity index (χ0n) is 16.1. The Morgan fingerprint density at radius 3 is 2.67 bits per heavy atom. The highest BCUT2D eigenvalue weighted by Gasteiger charge is 2.18. The number of aromatic nitrogens is 4. The SMILES string of the molecule is CCCc1cc(=O)[nH]c(-n2nc(C)cc2NC(=O)C(=O)NCCC(C)C)n1. The number of hydrogen-bond acceptors (Lipinski definition) is 5. The highest BCUT2D eigenvalue weighted by atomic mass is 16.2. The topological polar surface area (TPSA) is 122 Å². The van der Waals surface area contributed by atoms with Crippen LogP contribution in [0.3, 0.4) is 0 Å². The Bertz CT molecular complexity index is 868. The van der Waals surface area contributed by atoms with E-state index in [1.54, 1.807) is 13.0 Å². The van der Waals surface area contributed by atoms with Crippen LogP contribution in [0.1, 0.15) is 45.0 Å². The van der Waals surface area contributed by atoms with E-state index in [0.29, 0.717) is 30.3 Å². The van der Waals surface area contributed by atoms with Crippen molar-refractivity contribution >= 4 is 17.6 Å². The van der Waals surface area contributed by atoms with Crippen LogP contribution in [0.2, 0.25) is 0 Å². The predicted molar refractivity (Wildman–Crippen MR) is 102 cm³/mol. The summed E-state index contributed by atoms with van der Waals surface area (Å²) in [6, 6.07) is 3.04. The lowest BCUT2D eigenvalue weighted by atomic mass is 10.1. The maximum Gasteiger partial charge on any atom is 0.314 e. The third-order valence-electron chi connectivity index (χ3n) is 3.78. The van der Waals surface area contributed by atoms with Crippen molar-refractivity contribution in [3.8, 4) is 5.95 Å². The van der Waals surface area contributed by atoms with Gasteiger partial charge in [-0.2, -0.15) is 9.78 Å². The molecule has 0 fully saturated rings. The van der Waals surface area contributed by atoms with Gasteiger partial charge in [0.2, 0.25) is 5.95 Å².